The van der Waals surface area contributed by atoms with Crippen LogP contribution in [0.15, 0.2) is 47.0 Å². The Balaban J connectivity index is 1.95. The molecule has 1 saturated heterocycles. The van der Waals surface area contributed by atoms with E-state index in [1.54, 1.807) is 0 Å². The number of allylic oxidation sites excluding steroid dienone is 2. The molecular weight excluding hydrogens is 215 g/mol. The summed E-state index contributed by atoms with van der Waals surface area (Å²) in [5.41, 5.74) is 2.46. The van der Waals surface area contributed by atoms with Crippen LogP contribution in [0.1, 0.15) is 11.1 Å². The lowest BCUT2D eigenvalue weighted by molar-refractivity contribution is 0.597. The van der Waals surface area contributed by atoms with Gasteiger partial charge in [0.25, 0.3) is 0 Å². The Kier molecular flexibility index (Phi) is 0.940. The molecule has 2 heteroatoms. The molecule has 1 nitrogen and oxygen atoms in total. The molecule has 0 bridgehead atoms. The van der Waals surface area contributed by atoms with Crippen molar-refractivity contribution in [2.75, 3.05) is 0 Å². The number of benzene rings is 2. The van der Waals surface area contributed by atoms with Gasteiger partial charge in [0.1, 0.15) is 0 Å². The van der Waals surface area contributed by atoms with Crippen LogP contribution in [0.2, 0.25) is 0 Å². The fourth-order valence-electron chi connectivity index (χ4n) is 2.85. The Morgan fingerprint density at radius 2 is 1.62 bits per heavy atom. The predicted octanol–water partition coefficient (Wildman–Crippen LogP) is 4.25. The zero-order chi connectivity index (χ0) is 10.5. The van der Waals surface area contributed by atoms with Crippen LogP contribution in [-0.4, -0.2) is 0 Å². The molecule has 3 aliphatic rings. The Morgan fingerprint density at radius 3 is 2.38 bits per heavy atom. The van der Waals surface area contributed by atoms with E-state index in [0.717, 1.165) is 5.31 Å². The molecule has 0 spiro atoms. The maximum Gasteiger partial charge on any atom is 0.174 e. The molecule has 0 radical (unpaired) electrons. The first-order valence-corrected chi connectivity index (χ1v) is 7.12. The SMILES string of the molecule is O=P12c3cc4cc5ccccc5cc4c1c32. The van der Waals surface area contributed by atoms with Crippen molar-refractivity contribution in [3.8, 4) is 0 Å². The van der Waals surface area contributed by atoms with Crippen LogP contribution >= 0.6 is 7.14 Å². The number of rotatable bonds is 0. The number of hydrogen-bond donors (Lipinski definition) is 0. The molecule has 0 saturated carbocycles. The normalized spacial score (nSPS) is 27.4. The maximum absolute atomic E-state index is 12.1. The van der Waals surface area contributed by atoms with Crippen molar-refractivity contribution in [1.29, 1.82) is 0 Å². The lowest BCUT2D eigenvalue weighted by atomic mass is 9.98. The fraction of sp³-hybridized carbons (Fsp3) is 0. The Morgan fingerprint density at radius 1 is 0.938 bits per heavy atom. The van der Waals surface area contributed by atoms with Crippen LogP contribution in [0.3, 0.4) is 0 Å². The van der Waals surface area contributed by atoms with Gasteiger partial charge in [0.05, 0.1) is 0 Å². The van der Waals surface area contributed by atoms with Gasteiger partial charge in [-0.25, -0.2) is 0 Å². The van der Waals surface area contributed by atoms with Gasteiger partial charge in [-0.3, -0.25) is 0 Å². The first kappa shape index (κ1) is 7.65. The third-order valence-electron chi connectivity index (χ3n) is 3.80. The molecule has 0 amide bonds. The molecule has 1 fully saturated rings. The minimum absolute atomic E-state index is 1.14. The van der Waals surface area contributed by atoms with Gasteiger partial charge in [0.15, 0.2) is 7.14 Å². The summed E-state index contributed by atoms with van der Waals surface area (Å²) in [5, 5.41) is 6.01. The Bertz CT molecular complexity index is 816. The third kappa shape index (κ3) is 0.611. The molecule has 1 unspecified atom stereocenters. The summed E-state index contributed by atoms with van der Waals surface area (Å²) >= 11 is 0. The van der Waals surface area contributed by atoms with Gasteiger partial charge in [-0.2, -0.15) is 0 Å². The molecule has 2 aromatic rings. The molecule has 3 heterocycles. The van der Waals surface area contributed by atoms with Gasteiger partial charge in [-0.15, -0.1) is 0 Å². The highest BCUT2D eigenvalue weighted by molar-refractivity contribution is 8.01. The van der Waals surface area contributed by atoms with Crippen molar-refractivity contribution in [3.63, 3.8) is 0 Å². The standard InChI is InChI=1S/C14H7OP/c15-16-12-7-10-5-8-3-1-2-4-9(8)6-11(10)13(16)14(12)16/h1-7H. The molecule has 1 atom stereocenters. The molecule has 16 heavy (non-hydrogen) atoms. The van der Waals surface area contributed by atoms with Crippen LogP contribution in [0.25, 0.3) is 22.2 Å². The lowest BCUT2D eigenvalue weighted by Crippen LogP contribution is -1.89. The highest BCUT2D eigenvalue weighted by Crippen LogP contribution is 3.06. The average Bonchev–Trinajstić information content (AvgIpc) is 3.13. The van der Waals surface area contributed by atoms with Gasteiger partial charge in [-0.1, -0.05) is 24.3 Å². The molecule has 2 aromatic carbocycles. The first-order chi connectivity index (χ1) is 7.80. The zero-order valence-corrected chi connectivity index (χ0v) is 9.29. The Labute approximate surface area is 92.5 Å². The fourth-order valence-corrected chi connectivity index (χ4v) is 5.70. The molecule has 0 N–H and O–H groups in total. The van der Waals surface area contributed by atoms with Crippen molar-refractivity contribution in [2.45, 2.75) is 0 Å². The molecular formula is C14H7OP. The van der Waals surface area contributed by atoms with Gasteiger partial charge in [0, 0.05) is 15.9 Å². The summed E-state index contributed by atoms with van der Waals surface area (Å²) in [6.45, 7) is 0. The summed E-state index contributed by atoms with van der Waals surface area (Å²) < 4.78 is 12.1. The topological polar surface area (TPSA) is 17.1 Å². The number of hydrogen-bond acceptors (Lipinski definition) is 1. The van der Waals surface area contributed by atoms with E-state index < -0.39 is 7.14 Å². The Hall–Kier alpha value is -1.59. The maximum atomic E-state index is 12.1. The minimum atomic E-state index is -1.95. The summed E-state index contributed by atoms with van der Waals surface area (Å²) in [4.78, 5) is 0. The van der Waals surface area contributed by atoms with E-state index in [4.69, 9.17) is 0 Å². The van der Waals surface area contributed by atoms with Gasteiger partial charge >= 0.3 is 0 Å². The van der Waals surface area contributed by atoms with Gasteiger partial charge in [0.2, 0.25) is 0 Å². The predicted molar refractivity (Wildman–Crippen MR) is 66.5 cm³/mol. The van der Waals surface area contributed by atoms with E-state index in [2.05, 4.69) is 36.4 Å². The van der Waals surface area contributed by atoms with Crippen LogP contribution in [0, 0.1) is 0 Å². The van der Waals surface area contributed by atoms with Crippen LogP contribution < -0.4 is 0 Å². The summed E-state index contributed by atoms with van der Waals surface area (Å²) in [7, 11) is -1.95. The van der Waals surface area contributed by atoms with E-state index in [0.29, 0.717) is 0 Å². The largest absolute Gasteiger partial charge is 0.309 e. The van der Waals surface area contributed by atoms with E-state index in [1.165, 1.54) is 32.5 Å². The molecule has 74 valence electrons. The summed E-state index contributed by atoms with van der Waals surface area (Å²) in [5.74, 6) is 0. The number of fused-ring (bicyclic) bond motifs is 4. The van der Waals surface area contributed by atoms with Crippen molar-refractivity contribution in [2.24, 2.45) is 0 Å². The second-order valence-electron chi connectivity index (χ2n) is 4.62. The second kappa shape index (κ2) is 1.97. The van der Waals surface area contributed by atoms with E-state index in [9.17, 15) is 4.57 Å². The van der Waals surface area contributed by atoms with Crippen LogP contribution in [-0.2, 0) is 4.57 Å². The minimum Gasteiger partial charge on any atom is -0.309 e. The first-order valence-electron chi connectivity index (χ1n) is 5.41. The summed E-state index contributed by atoms with van der Waals surface area (Å²) in [6, 6.07) is 12.7. The van der Waals surface area contributed by atoms with E-state index in [-0.39, 0.29) is 0 Å². The summed E-state index contributed by atoms with van der Waals surface area (Å²) in [6.07, 6.45) is 2.12. The zero-order valence-electron chi connectivity index (χ0n) is 8.40. The van der Waals surface area contributed by atoms with Crippen LogP contribution in [0.5, 0.6) is 0 Å². The van der Waals surface area contributed by atoms with Crippen molar-refractivity contribution >= 4 is 29.3 Å². The van der Waals surface area contributed by atoms with E-state index in [1.807, 2.05) is 6.07 Å². The quantitative estimate of drug-likeness (QED) is 0.609. The second-order valence-corrected chi connectivity index (χ2v) is 7.22. The molecule has 3 aliphatic heterocycles. The van der Waals surface area contributed by atoms with Gasteiger partial charge in [-0.05, 0) is 40.1 Å². The van der Waals surface area contributed by atoms with Crippen molar-refractivity contribution in [3.05, 3.63) is 58.2 Å². The average molecular weight is 222 g/mol. The molecule has 0 aliphatic carbocycles. The monoisotopic (exact) mass is 222 g/mol. The molecule has 5 rings (SSSR count). The highest BCUT2D eigenvalue weighted by atomic mass is 31.2. The van der Waals surface area contributed by atoms with Gasteiger partial charge < -0.3 is 4.57 Å². The van der Waals surface area contributed by atoms with E-state index >= 15 is 0 Å². The van der Waals surface area contributed by atoms with Crippen LogP contribution in [0.4, 0.5) is 0 Å². The molecule has 0 aromatic heterocycles. The lowest BCUT2D eigenvalue weighted by Gasteiger charge is -2.11. The smallest absolute Gasteiger partial charge is 0.174 e. The highest BCUT2D eigenvalue weighted by Gasteiger charge is 2.72. The third-order valence-corrected chi connectivity index (χ3v) is 6.57. The van der Waals surface area contributed by atoms with Crippen molar-refractivity contribution in [1.82, 2.24) is 0 Å². The van der Waals surface area contributed by atoms with Crippen molar-refractivity contribution < 1.29 is 4.57 Å².